The molecule has 0 aliphatic carbocycles. The van der Waals surface area contributed by atoms with E-state index in [2.05, 4.69) is 24.8 Å². The molecule has 5 nitrogen and oxygen atoms in total. The van der Waals surface area contributed by atoms with Gasteiger partial charge in [-0.3, -0.25) is 4.99 Å². The average Bonchev–Trinajstić information content (AvgIpc) is 2.74. The van der Waals surface area contributed by atoms with E-state index in [1.807, 2.05) is 48.7 Å². The van der Waals surface area contributed by atoms with Crippen LogP contribution in [0.4, 0.5) is 0 Å². The standard InChI is InChI=1S/C25H24N2O3/c1-25(2)15-26-23(16-9-3-6-12-19(16)28)27-22(25)18-11-5-8-14-21(18)30-24(27)17-10-4-7-13-20(17)29/h3-15,22-24,28-29H,1-2H3. The fraction of sp³-hybridized carbons (Fsp3) is 0.240. The first-order chi connectivity index (χ1) is 14.5. The summed E-state index contributed by atoms with van der Waals surface area (Å²) < 4.78 is 6.46. The fourth-order valence-corrected chi connectivity index (χ4v) is 4.62. The smallest absolute Gasteiger partial charge is 0.185 e. The van der Waals surface area contributed by atoms with Crippen molar-refractivity contribution in [1.82, 2.24) is 4.90 Å². The van der Waals surface area contributed by atoms with Crippen LogP contribution in [-0.4, -0.2) is 21.3 Å². The molecule has 0 fully saturated rings. The maximum absolute atomic E-state index is 10.6. The molecule has 2 heterocycles. The number of ether oxygens (including phenoxy) is 1. The Labute approximate surface area is 175 Å². The molecule has 2 aliphatic rings. The Morgan fingerprint density at radius 2 is 1.37 bits per heavy atom. The molecule has 152 valence electrons. The van der Waals surface area contributed by atoms with Gasteiger partial charge in [-0.05, 0) is 18.2 Å². The van der Waals surface area contributed by atoms with Crippen molar-refractivity contribution in [2.45, 2.75) is 32.3 Å². The molecule has 3 aromatic carbocycles. The largest absolute Gasteiger partial charge is 0.508 e. The molecule has 0 aromatic heterocycles. The van der Waals surface area contributed by atoms with Gasteiger partial charge in [0.05, 0.1) is 6.04 Å². The summed E-state index contributed by atoms with van der Waals surface area (Å²) in [5.74, 6) is 1.16. The van der Waals surface area contributed by atoms with Crippen molar-refractivity contribution in [3.63, 3.8) is 0 Å². The lowest BCUT2D eigenvalue weighted by Gasteiger charge is -2.52. The number of hydrogen-bond donors (Lipinski definition) is 2. The van der Waals surface area contributed by atoms with Crippen molar-refractivity contribution in [2.75, 3.05) is 0 Å². The molecular formula is C25H24N2O3. The molecule has 0 saturated heterocycles. The Bertz CT molecular complexity index is 1120. The molecule has 0 bridgehead atoms. The third kappa shape index (κ3) is 2.85. The second-order valence-electron chi connectivity index (χ2n) is 8.45. The zero-order valence-corrected chi connectivity index (χ0v) is 16.9. The lowest BCUT2D eigenvalue weighted by Crippen LogP contribution is -2.50. The van der Waals surface area contributed by atoms with Gasteiger partial charge in [-0.25, -0.2) is 4.90 Å². The molecule has 3 aromatic rings. The molecular weight excluding hydrogens is 376 g/mol. The number of aromatic hydroxyl groups is 2. The lowest BCUT2D eigenvalue weighted by molar-refractivity contribution is -0.0897. The highest BCUT2D eigenvalue weighted by atomic mass is 16.5. The number of phenols is 2. The Morgan fingerprint density at radius 1 is 0.800 bits per heavy atom. The van der Waals surface area contributed by atoms with Gasteiger partial charge in [-0.1, -0.05) is 68.4 Å². The third-order valence-electron chi connectivity index (χ3n) is 5.97. The van der Waals surface area contributed by atoms with Gasteiger partial charge in [-0.2, -0.15) is 0 Å². The minimum Gasteiger partial charge on any atom is -0.508 e. The van der Waals surface area contributed by atoms with Crippen LogP contribution in [0.3, 0.4) is 0 Å². The summed E-state index contributed by atoms with van der Waals surface area (Å²) >= 11 is 0. The lowest BCUT2D eigenvalue weighted by atomic mass is 9.77. The first-order valence-electron chi connectivity index (χ1n) is 10.1. The van der Waals surface area contributed by atoms with Crippen LogP contribution in [0.5, 0.6) is 17.2 Å². The van der Waals surface area contributed by atoms with Gasteiger partial charge >= 0.3 is 0 Å². The topological polar surface area (TPSA) is 65.3 Å². The van der Waals surface area contributed by atoms with Crippen molar-refractivity contribution >= 4 is 6.21 Å². The number of aliphatic imine (C=N–C) groups is 1. The van der Waals surface area contributed by atoms with E-state index in [-0.39, 0.29) is 23.0 Å². The van der Waals surface area contributed by atoms with Crippen molar-refractivity contribution in [1.29, 1.82) is 0 Å². The molecule has 3 unspecified atom stereocenters. The molecule has 2 N–H and O–H groups in total. The van der Waals surface area contributed by atoms with Gasteiger partial charge in [0.2, 0.25) is 0 Å². The molecule has 3 atom stereocenters. The Morgan fingerprint density at radius 3 is 2.03 bits per heavy atom. The van der Waals surface area contributed by atoms with E-state index < -0.39 is 12.4 Å². The van der Waals surface area contributed by atoms with Crippen molar-refractivity contribution in [3.8, 4) is 17.2 Å². The predicted octanol–water partition coefficient (Wildman–Crippen LogP) is 5.34. The van der Waals surface area contributed by atoms with E-state index >= 15 is 0 Å². The van der Waals surface area contributed by atoms with Gasteiger partial charge < -0.3 is 14.9 Å². The summed E-state index contributed by atoms with van der Waals surface area (Å²) in [6.07, 6.45) is 0.963. The molecule has 30 heavy (non-hydrogen) atoms. The highest BCUT2D eigenvalue weighted by Gasteiger charge is 2.50. The zero-order valence-electron chi connectivity index (χ0n) is 16.9. The number of nitrogens with zero attached hydrogens (tertiary/aromatic N) is 2. The number of fused-ring (bicyclic) bond motifs is 3. The monoisotopic (exact) mass is 400 g/mol. The minimum atomic E-state index is -0.563. The van der Waals surface area contributed by atoms with Crippen LogP contribution in [0.15, 0.2) is 77.8 Å². The maximum atomic E-state index is 10.6. The van der Waals surface area contributed by atoms with E-state index in [9.17, 15) is 10.2 Å². The number of hydrogen-bond acceptors (Lipinski definition) is 5. The normalized spacial score (nSPS) is 24.5. The number of rotatable bonds is 2. The van der Waals surface area contributed by atoms with Gasteiger partial charge in [0.25, 0.3) is 0 Å². The second kappa shape index (κ2) is 6.89. The number of phenolic OH excluding ortho intramolecular Hbond substituents is 2. The molecule has 0 spiro atoms. The Kier molecular flexibility index (Phi) is 4.29. The van der Waals surface area contributed by atoms with Gasteiger partial charge in [0, 0.05) is 28.3 Å². The van der Waals surface area contributed by atoms with E-state index in [1.54, 1.807) is 24.3 Å². The van der Waals surface area contributed by atoms with Crippen molar-refractivity contribution < 1.29 is 14.9 Å². The first kappa shape index (κ1) is 18.7. The van der Waals surface area contributed by atoms with E-state index in [0.29, 0.717) is 11.1 Å². The van der Waals surface area contributed by atoms with Crippen LogP contribution in [0.1, 0.15) is 49.0 Å². The van der Waals surface area contributed by atoms with Crippen LogP contribution < -0.4 is 4.74 Å². The molecule has 5 heteroatoms. The average molecular weight is 400 g/mol. The number of para-hydroxylation sites is 3. The maximum Gasteiger partial charge on any atom is 0.185 e. The van der Waals surface area contributed by atoms with Crippen molar-refractivity contribution in [3.05, 3.63) is 89.5 Å². The Hall–Kier alpha value is -3.31. The summed E-state index contributed by atoms with van der Waals surface area (Å²) in [4.78, 5) is 7.01. The highest BCUT2D eigenvalue weighted by molar-refractivity contribution is 5.69. The molecule has 0 amide bonds. The molecule has 2 aliphatic heterocycles. The summed E-state index contributed by atoms with van der Waals surface area (Å²) in [7, 11) is 0. The summed E-state index contributed by atoms with van der Waals surface area (Å²) in [6.45, 7) is 4.30. The minimum absolute atomic E-state index is 0.0610. The first-order valence-corrected chi connectivity index (χ1v) is 10.1. The summed E-state index contributed by atoms with van der Waals surface area (Å²) in [6, 6.07) is 22.4. The summed E-state index contributed by atoms with van der Waals surface area (Å²) in [5, 5.41) is 21.2. The van der Waals surface area contributed by atoms with E-state index in [1.165, 1.54) is 0 Å². The number of benzene rings is 3. The SMILES string of the molecule is CC1(C)C=NC(c2ccccc2O)N2C(c3ccccc3O)Oc3ccccc3C21. The van der Waals surface area contributed by atoms with E-state index in [0.717, 1.165) is 11.3 Å². The van der Waals surface area contributed by atoms with Crippen LogP contribution in [0, 0.1) is 5.41 Å². The molecule has 5 rings (SSSR count). The van der Waals surface area contributed by atoms with E-state index in [4.69, 9.17) is 9.73 Å². The zero-order chi connectivity index (χ0) is 20.9. The second-order valence-corrected chi connectivity index (χ2v) is 8.45. The van der Waals surface area contributed by atoms with Crippen LogP contribution in [0.2, 0.25) is 0 Å². The van der Waals surface area contributed by atoms with Gasteiger partial charge in [0.1, 0.15) is 23.4 Å². The molecule has 0 saturated carbocycles. The van der Waals surface area contributed by atoms with Crippen LogP contribution >= 0.6 is 0 Å². The van der Waals surface area contributed by atoms with Gasteiger partial charge in [0.15, 0.2) is 6.23 Å². The van der Waals surface area contributed by atoms with Gasteiger partial charge in [-0.15, -0.1) is 0 Å². The summed E-state index contributed by atoms with van der Waals surface area (Å²) in [5.41, 5.74) is 2.16. The predicted molar refractivity (Wildman–Crippen MR) is 116 cm³/mol. The van der Waals surface area contributed by atoms with Crippen LogP contribution in [-0.2, 0) is 0 Å². The Balaban J connectivity index is 1.76. The quantitative estimate of drug-likeness (QED) is 0.609. The third-order valence-corrected chi connectivity index (χ3v) is 5.97. The fourth-order valence-electron chi connectivity index (χ4n) is 4.62. The van der Waals surface area contributed by atoms with Crippen molar-refractivity contribution in [2.24, 2.45) is 10.4 Å². The highest BCUT2D eigenvalue weighted by Crippen LogP contribution is 2.56. The van der Waals surface area contributed by atoms with Crippen LogP contribution in [0.25, 0.3) is 0 Å². The molecule has 0 radical (unpaired) electrons.